The molecule has 1 aromatic rings. The summed E-state index contributed by atoms with van der Waals surface area (Å²) in [5.41, 5.74) is 6.13. The van der Waals surface area contributed by atoms with Crippen molar-refractivity contribution in [1.29, 1.82) is 0 Å². The molecule has 2 unspecified atom stereocenters. The van der Waals surface area contributed by atoms with Crippen LogP contribution >= 0.6 is 0 Å². The summed E-state index contributed by atoms with van der Waals surface area (Å²) in [7, 11) is 0. The zero-order valence-electron chi connectivity index (χ0n) is 26.1. The number of carbonyl (C=O) groups excluding carboxylic acids is 5. The van der Waals surface area contributed by atoms with Crippen LogP contribution < -0.4 is 16.4 Å². The molecule has 2 atom stereocenters. The minimum atomic E-state index is -1.35. The minimum absolute atomic E-state index is 0.0138. The first-order valence-corrected chi connectivity index (χ1v) is 14.9. The number of benzene rings is 1. The van der Waals surface area contributed by atoms with Gasteiger partial charge in [-0.05, 0) is 46.6 Å². The van der Waals surface area contributed by atoms with Crippen LogP contribution in [0.25, 0.3) is 0 Å². The first-order valence-electron chi connectivity index (χ1n) is 14.9. The van der Waals surface area contributed by atoms with Crippen molar-refractivity contribution >= 4 is 29.8 Å². The molecular formula is C31H50N4O7. The number of aryl methyl sites for hydroxylation is 1. The van der Waals surface area contributed by atoms with Crippen LogP contribution in [0.3, 0.4) is 0 Å². The summed E-state index contributed by atoms with van der Waals surface area (Å²) in [6.07, 6.45) is 4.27. The predicted molar refractivity (Wildman–Crippen MR) is 160 cm³/mol. The Morgan fingerprint density at radius 2 is 1.57 bits per heavy atom. The van der Waals surface area contributed by atoms with Crippen LogP contribution in [0.2, 0.25) is 0 Å². The SMILES string of the molecule is CCCCCCCCN(C(=O)C(CC(N)=O)NC(=O)OC(C)(C)C)C(C(=O)NCCC(=O)OCC)c1ccc(C)cc1. The lowest BCUT2D eigenvalue weighted by molar-refractivity contribution is -0.144. The molecule has 0 saturated carbocycles. The van der Waals surface area contributed by atoms with Gasteiger partial charge in [-0.15, -0.1) is 0 Å². The highest BCUT2D eigenvalue weighted by Gasteiger charge is 2.36. The molecule has 236 valence electrons. The number of alkyl carbamates (subject to hydrolysis) is 1. The molecule has 0 aliphatic carbocycles. The predicted octanol–water partition coefficient (Wildman–Crippen LogP) is 4.06. The molecule has 1 aromatic carbocycles. The Morgan fingerprint density at radius 3 is 2.14 bits per heavy atom. The number of nitrogens with two attached hydrogens (primary N) is 1. The summed E-state index contributed by atoms with van der Waals surface area (Å²) >= 11 is 0. The summed E-state index contributed by atoms with van der Waals surface area (Å²) in [4.78, 5) is 65.6. The molecular weight excluding hydrogens is 540 g/mol. The molecule has 0 radical (unpaired) electrons. The van der Waals surface area contributed by atoms with Gasteiger partial charge in [-0.2, -0.15) is 0 Å². The molecule has 11 heteroatoms. The van der Waals surface area contributed by atoms with Gasteiger partial charge in [0, 0.05) is 13.1 Å². The van der Waals surface area contributed by atoms with Gasteiger partial charge in [0.15, 0.2) is 0 Å². The molecule has 0 saturated heterocycles. The summed E-state index contributed by atoms with van der Waals surface area (Å²) in [6, 6.07) is 4.75. The topological polar surface area (TPSA) is 157 Å². The number of primary amides is 1. The Bertz CT molecular complexity index is 1020. The van der Waals surface area contributed by atoms with Crippen LogP contribution in [-0.2, 0) is 28.7 Å². The highest BCUT2D eigenvalue weighted by atomic mass is 16.6. The maximum absolute atomic E-state index is 14.1. The van der Waals surface area contributed by atoms with Gasteiger partial charge < -0.3 is 30.7 Å². The van der Waals surface area contributed by atoms with Crippen LogP contribution in [0, 0.1) is 6.92 Å². The van der Waals surface area contributed by atoms with Gasteiger partial charge in [0.25, 0.3) is 0 Å². The zero-order chi connectivity index (χ0) is 31.7. The Morgan fingerprint density at radius 1 is 0.952 bits per heavy atom. The second-order valence-corrected chi connectivity index (χ2v) is 11.3. The first-order chi connectivity index (χ1) is 19.8. The fourth-order valence-electron chi connectivity index (χ4n) is 4.32. The molecule has 0 aliphatic rings. The van der Waals surface area contributed by atoms with Crippen molar-refractivity contribution in [3.8, 4) is 0 Å². The van der Waals surface area contributed by atoms with E-state index in [1.54, 1.807) is 39.8 Å². The number of hydrogen-bond donors (Lipinski definition) is 3. The Hall–Kier alpha value is -3.63. The molecule has 4 amide bonds. The van der Waals surface area contributed by atoms with E-state index in [9.17, 15) is 24.0 Å². The minimum Gasteiger partial charge on any atom is -0.466 e. The van der Waals surface area contributed by atoms with E-state index < -0.39 is 53.9 Å². The van der Waals surface area contributed by atoms with E-state index in [-0.39, 0.29) is 26.1 Å². The van der Waals surface area contributed by atoms with E-state index in [2.05, 4.69) is 17.6 Å². The lowest BCUT2D eigenvalue weighted by atomic mass is 10.00. The molecule has 1 rings (SSSR count). The number of ether oxygens (including phenoxy) is 2. The monoisotopic (exact) mass is 590 g/mol. The van der Waals surface area contributed by atoms with Gasteiger partial charge in [-0.1, -0.05) is 68.9 Å². The third-order valence-electron chi connectivity index (χ3n) is 6.32. The van der Waals surface area contributed by atoms with Gasteiger partial charge in [-0.3, -0.25) is 19.2 Å². The highest BCUT2D eigenvalue weighted by Crippen LogP contribution is 2.25. The van der Waals surface area contributed by atoms with E-state index in [1.165, 1.54) is 4.90 Å². The van der Waals surface area contributed by atoms with Crippen LogP contribution in [0.4, 0.5) is 4.79 Å². The number of unbranched alkanes of at least 4 members (excludes halogenated alkanes) is 5. The van der Waals surface area contributed by atoms with E-state index in [4.69, 9.17) is 15.2 Å². The Balaban J connectivity index is 3.41. The van der Waals surface area contributed by atoms with E-state index in [1.807, 2.05) is 19.1 Å². The zero-order valence-corrected chi connectivity index (χ0v) is 26.1. The second-order valence-electron chi connectivity index (χ2n) is 11.3. The van der Waals surface area contributed by atoms with E-state index >= 15 is 0 Å². The number of carbonyl (C=O) groups is 5. The summed E-state index contributed by atoms with van der Waals surface area (Å²) in [5, 5.41) is 5.24. The third kappa shape index (κ3) is 14.3. The molecule has 0 aliphatic heterocycles. The average molecular weight is 591 g/mol. The van der Waals surface area contributed by atoms with Crippen molar-refractivity contribution in [2.45, 2.75) is 111 Å². The smallest absolute Gasteiger partial charge is 0.408 e. The number of hydrogen-bond acceptors (Lipinski definition) is 7. The lowest BCUT2D eigenvalue weighted by Crippen LogP contribution is -2.54. The molecule has 0 aromatic heterocycles. The molecule has 0 fully saturated rings. The van der Waals surface area contributed by atoms with Crippen molar-refractivity contribution in [3.63, 3.8) is 0 Å². The fraction of sp³-hybridized carbons (Fsp3) is 0.645. The van der Waals surface area contributed by atoms with E-state index in [0.717, 1.165) is 37.7 Å². The molecule has 4 N–H and O–H groups in total. The standard InChI is InChI=1S/C31H50N4O7/c1-7-9-10-11-12-13-20-35(29(39)24(21-25(32)36)34-30(40)42-31(4,5)6)27(23-16-14-22(3)15-17-23)28(38)33-19-18-26(37)41-8-2/h14-17,24,27H,7-13,18-21H2,1-6H3,(H2,32,36)(H,33,38)(H,34,40). The first kappa shape index (κ1) is 36.4. The van der Waals surface area contributed by atoms with Crippen molar-refractivity contribution < 1.29 is 33.4 Å². The number of rotatable bonds is 18. The number of amides is 4. The van der Waals surface area contributed by atoms with Crippen LogP contribution in [0.1, 0.15) is 103 Å². The van der Waals surface area contributed by atoms with Crippen molar-refractivity contribution in [2.24, 2.45) is 5.73 Å². The van der Waals surface area contributed by atoms with Gasteiger partial charge in [0.2, 0.25) is 17.7 Å². The van der Waals surface area contributed by atoms with Crippen LogP contribution in [0.15, 0.2) is 24.3 Å². The third-order valence-corrected chi connectivity index (χ3v) is 6.32. The van der Waals surface area contributed by atoms with Gasteiger partial charge >= 0.3 is 12.1 Å². The quantitative estimate of drug-likeness (QED) is 0.172. The molecule has 0 heterocycles. The highest BCUT2D eigenvalue weighted by molar-refractivity contribution is 5.94. The Labute approximate surface area is 250 Å². The van der Waals surface area contributed by atoms with E-state index in [0.29, 0.717) is 12.0 Å². The molecule has 11 nitrogen and oxygen atoms in total. The lowest BCUT2D eigenvalue weighted by Gasteiger charge is -2.34. The van der Waals surface area contributed by atoms with Gasteiger partial charge in [-0.25, -0.2) is 4.79 Å². The Kier molecular flexibility index (Phi) is 16.2. The maximum Gasteiger partial charge on any atom is 0.408 e. The molecule has 0 bridgehead atoms. The summed E-state index contributed by atoms with van der Waals surface area (Å²) in [6.45, 7) is 11.2. The normalized spacial score (nSPS) is 12.5. The molecule has 42 heavy (non-hydrogen) atoms. The van der Waals surface area contributed by atoms with Crippen molar-refractivity contribution in [3.05, 3.63) is 35.4 Å². The van der Waals surface area contributed by atoms with Crippen LogP contribution in [0.5, 0.6) is 0 Å². The number of esters is 1. The second kappa shape index (κ2) is 18.7. The number of nitrogens with one attached hydrogen (secondary N) is 2. The van der Waals surface area contributed by atoms with Gasteiger partial charge in [0.1, 0.15) is 17.7 Å². The van der Waals surface area contributed by atoms with Crippen molar-refractivity contribution in [1.82, 2.24) is 15.5 Å². The van der Waals surface area contributed by atoms with Gasteiger partial charge in [0.05, 0.1) is 19.4 Å². The van der Waals surface area contributed by atoms with Crippen molar-refractivity contribution in [2.75, 3.05) is 19.7 Å². The van der Waals surface area contributed by atoms with Crippen LogP contribution in [-0.4, -0.2) is 66.0 Å². The number of nitrogens with zero attached hydrogens (tertiary/aromatic N) is 1. The summed E-state index contributed by atoms with van der Waals surface area (Å²) < 4.78 is 10.3. The average Bonchev–Trinajstić information content (AvgIpc) is 2.88. The molecule has 0 spiro atoms. The largest absolute Gasteiger partial charge is 0.466 e. The maximum atomic E-state index is 14.1. The summed E-state index contributed by atoms with van der Waals surface area (Å²) in [5.74, 6) is -2.39. The fourth-order valence-corrected chi connectivity index (χ4v) is 4.32.